The molecule has 5 rings (SSSR count). The molecule has 188 valence electrons. The molecule has 36 heavy (non-hydrogen) atoms. The lowest BCUT2D eigenvalue weighted by molar-refractivity contribution is 0.240. The summed E-state index contributed by atoms with van der Waals surface area (Å²) in [7, 11) is 0. The molecule has 3 aromatic heterocycles. The van der Waals surface area contributed by atoms with Crippen molar-refractivity contribution in [2.75, 3.05) is 18.0 Å². The van der Waals surface area contributed by atoms with Crippen LogP contribution in [0, 0.1) is 17.6 Å². The van der Waals surface area contributed by atoms with Crippen molar-refractivity contribution in [2.24, 2.45) is 11.7 Å². The van der Waals surface area contributed by atoms with Gasteiger partial charge in [-0.2, -0.15) is 5.10 Å². The Bertz CT molecular complexity index is 1350. The summed E-state index contributed by atoms with van der Waals surface area (Å²) >= 11 is 0. The van der Waals surface area contributed by atoms with E-state index in [9.17, 15) is 8.78 Å². The monoisotopic (exact) mass is 492 g/mol. The van der Waals surface area contributed by atoms with Crippen LogP contribution in [-0.2, 0) is 6.42 Å². The summed E-state index contributed by atoms with van der Waals surface area (Å²) in [6, 6.07) is 7.84. The van der Waals surface area contributed by atoms with Gasteiger partial charge in [0.15, 0.2) is 0 Å². The molecule has 1 aromatic carbocycles. The normalized spacial score (nSPS) is 18.2. The van der Waals surface area contributed by atoms with Gasteiger partial charge < -0.3 is 15.4 Å². The van der Waals surface area contributed by atoms with Crippen molar-refractivity contribution < 1.29 is 13.5 Å². The summed E-state index contributed by atoms with van der Waals surface area (Å²) in [6.07, 6.45) is 6.58. The number of hydrogen-bond donors (Lipinski definition) is 1. The van der Waals surface area contributed by atoms with Crippen molar-refractivity contribution in [3.05, 3.63) is 71.9 Å². The highest BCUT2D eigenvalue weighted by Crippen LogP contribution is 2.30. The molecular formula is C27H30F2N6O. The SMILES string of the molecule is CC(C)Oc1cc(F)c(-c2ccc3cnc(Cc4cnccc4N4C[C@H](C)C[C@H](N)C4)n3n2)c(F)c1. The van der Waals surface area contributed by atoms with E-state index in [2.05, 4.69) is 26.9 Å². The molecule has 1 saturated heterocycles. The van der Waals surface area contributed by atoms with E-state index >= 15 is 0 Å². The van der Waals surface area contributed by atoms with E-state index in [1.54, 1.807) is 42.9 Å². The molecule has 4 aromatic rings. The summed E-state index contributed by atoms with van der Waals surface area (Å²) in [6.45, 7) is 7.51. The van der Waals surface area contributed by atoms with Gasteiger partial charge >= 0.3 is 0 Å². The average Bonchev–Trinajstić information content (AvgIpc) is 3.20. The second kappa shape index (κ2) is 9.81. The number of aromatic nitrogens is 4. The van der Waals surface area contributed by atoms with E-state index in [4.69, 9.17) is 10.5 Å². The van der Waals surface area contributed by atoms with Gasteiger partial charge in [-0.15, -0.1) is 0 Å². The van der Waals surface area contributed by atoms with Gasteiger partial charge in [-0.1, -0.05) is 6.92 Å². The summed E-state index contributed by atoms with van der Waals surface area (Å²) < 4.78 is 37.0. The number of anilines is 1. The number of fused-ring (bicyclic) bond motifs is 1. The van der Waals surface area contributed by atoms with E-state index in [-0.39, 0.29) is 29.2 Å². The molecule has 0 aliphatic carbocycles. The van der Waals surface area contributed by atoms with Crippen LogP contribution in [0.1, 0.15) is 38.6 Å². The Kier molecular flexibility index (Phi) is 6.57. The third-order valence-electron chi connectivity index (χ3n) is 6.36. The van der Waals surface area contributed by atoms with Gasteiger partial charge in [0.2, 0.25) is 0 Å². The number of nitrogens with two attached hydrogens (primary N) is 1. The van der Waals surface area contributed by atoms with Crippen LogP contribution in [-0.4, -0.2) is 44.8 Å². The van der Waals surface area contributed by atoms with Crippen molar-refractivity contribution in [1.82, 2.24) is 19.6 Å². The minimum Gasteiger partial charge on any atom is -0.491 e. The highest BCUT2D eigenvalue weighted by atomic mass is 19.1. The molecule has 4 heterocycles. The Morgan fingerprint density at radius 2 is 1.89 bits per heavy atom. The number of ether oxygens (including phenoxy) is 1. The minimum atomic E-state index is -0.732. The topological polar surface area (TPSA) is 81.6 Å². The molecule has 2 atom stereocenters. The molecular weight excluding hydrogens is 462 g/mol. The van der Waals surface area contributed by atoms with Gasteiger partial charge in [-0.25, -0.2) is 18.3 Å². The van der Waals surface area contributed by atoms with Crippen LogP contribution in [0.5, 0.6) is 5.75 Å². The fraction of sp³-hybridized carbons (Fsp3) is 0.370. The number of imidazole rings is 1. The van der Waals surface area contributed by atoms with Crippen LogP contribution in [0.2, 0.25) is 0 Å². The van der Waals surface area contributed by atoms with Gasteiger partial charge in [-0.3, -0.25) is 4.98 Å². The van der Waals surface area contributed by atoms with Gasteiger partial charge in [-0.05, 0) is 44.4 Å². The number of hydrogen-bond acceptors (Lipinski definition) is 6. The van der Waals surface area contributed by atoms with Crippen LogP contribution in [0.25, 0.3) is 16.8 Å². The first-order valence-electron chi connectivity index (χ1n) is 12.2. The molecule has 0 saturated carbocycles. The maximum Gasteiger partial charge on any atom is 0.139 e. The highest BCUT2D eigenvalue weighted by Gasteiger charge is 2.24. The van der Waals surface area contributed by atoms with E-state index in [1.807, 2.05) is 12.3 Å². The molecule has 1 aliphatic heterocycles. The second-order valence-corrected chi connectivity index (χ2v) is 9.85. The second-order valence-electron chi connectivity index (χ2n) is 9.85. The molecule has 0 unspecified atom stereocenters. The fourth-order valence-electron chi connectivity index (χ4n) is 4.95. The summed E-state index contributed by atoms with van der Waals surface area (Å²) in [5.74, 6) is -0.179. The first-order valence-corrected chi connectivity index (χ1v) is 12.2. The Morgan fingerprint density at radius 1 is 1.11 bits per heavy atom. The summed E-state index contributed by atoms with van der Waals surface area (Å²) in [5, 5.41) is 4.56. The zero-order valence-electron chi connectivity index (χ0n) is 20.7. The van der Waals surface area contributed by atoms with Crippen LogP contribution < -0.4 is 15.4 Å². The Morgan fingerprint density at radius 3 is 2.61 bits per heavy atom. The largest absolute Gasteiger partial charge is 0.491 e. The number of nitrogens with zero attached hydrogens (tertiary/aromatic N) is 5. The van der Waals surface area contributed by atoms with E-state index in [0.29, 0.717) is 18.2 Å². The molecule has 0 amide bonds. The maximum absolute atomic E-state index is 14.9. The predicted octanol–water partition coefficient (Wildman–Crippen LogP) is 4.62. The first-order chi connectivity index (χ1) is 17.3. The Labute approximate surface area is 208 Å². The zero-order valence-corrected chi connectivity index (χ0v) is 20.7. The Hall–Kier alpha value is -3.59. The van der Waals surface area contributed by atoms with Gasteiger partial charge in [0, 0.05) is 61.3 Å². The quantitative estimate of drug-likeness (QED) is 0.423. The molecule has 0 spiro atoms. The van der Waals surface area contributed by atoms with Gasteiger partial charge in [0.1, 0.15) is 23.2 Å². The van der Waals surface area contributed by atoms with Crippen molar-refractivity contribution in [1.29, 1.82) is 0 Å². The van der Waals surface area contributed by atoms with E-state index < -0.39 is 11.6 Å². The van der Waals surface area contributed by atoms with Crippen LogP contribution in [0.15, 0.2) is 48.9 Å². The molecule has 0 radical (unpaired) electrons. The standard InChI is InChI=1S/C27H30F2N6O/c1-16(2)36-21-10-22(28)27(23(29)11-21)24-5-4-20-13-32-26(35(20)33-24)9-18-12-31-7-6-25(18)34-14-17(3)8-19(30)15-34/h4-7,10-13,16-17,19H,8-9,14-15,30H2,1-3H3/t17-,19+/m1/s1. The first kappa shape index (κ1) is 24.1. The van der Waals surface area contributed by atoms with Crippen molar-refractivity contribution >= 4 is 11.2 Å². The molecule has 1 aliphatic rings. The molecule has 0 bridgehead atoms. The van der Waals surface area contributed by atoms with Crippen molar-refractivity contribution in [2.45, 2.75) is 45.8 Å². The maximum atomic E-state index is 14.9. The van der Waals surface area contributed by atoms with Crippen LogP contribution in [0.4, 0.5) is 14.5 Å². The minimum absolute atomic E-state index is 0.119. The van der Waals surface area contributed by atoms with Crippen molar-refractivity contribution in [3.63, 3.8) is 0 Å². The van der Waals surface area contributed by atoms with Gasteiger partial charge in [0.05, 0.1) is 29.1 Å². The lowest BCUT2D eigenvalue weighted by Gasteiger charge is -2.37. The third kappa shape index (κ3) is 4.88. The number of pyridine rings is 1. The molecule has 1 fully saturated rings. The Balaban J connectivity index is 1.49. The zero-order chi connectivity index (χ0) is 25.4. The molecule has 2 N–H and O–H groups in total. The van der Waals surface area contributed by atoms with Gasteiger partial charge in [0.25, 0.3) is 0 Å². The molecule has 9 heteroatoms. The predicted molar refractivity (Wildman–Crippen MR) is 135 cm³/mol. The van der Waals surface area contributed by atoms with E-state index in [0.717, 1.165) is 36.3 Å². The third-order valence-corrected chi connectivity index (χ3v) is 6.36. The van der Waals surface area contributed by atoms with Crippen LogP contribution in [0.3, 0.4) is 0 Å². The number of rotatable bonds is 6. The number of halogens is 2. The lowest BCUT2D eigenvalue weighted by Crippen LogP contribution is -2.46. The molecule has 7 nitrogen and oxygen atoms in total. The number of piperidine rings is 1. The lowest BCUT2D eigenvalue weighted by atomic mass is 9.95. The summed E-state index contributed by atoms with van der Waals surface area (Å²) in [5.41, 5.74) is 9.05. The average molecular weight is 493 g/mol. The number of benzene rings is 1. The van der Waals surface area contributed by atoms with Crippen molar-refractivity contribution in [3.8, 4) is 17.0 Å². The van der Waals surface area contributed by atoms with Crippen LogP contribution >= 0.6 is 0 Å². The smallest absolute Gasteiger partial charge is 0.139 e. The fourth-order valence-corrected chi connectivity index (χ4v) is 4.95. The summed E-state index contributed by atoms with van der Waals surface area (Å²) in [4.78, 5) is 11.2. The van der Waals surface area contributed by atoms with E-state index in [1.165, 1.54) is 12.1 Å². The highest BCUT2D eigenvalue weighted by molar-refractivity contribution is 5.64.